The van der Waals surface area contributed by atoms with Crippen LogP contribution < -0.4 is 4.90 Å². The van der Waals surface area contributed by atoms with Crippen molar-refractivity contribution < 1.29 is 17.4 Å². The summed E-state index contributed by atoms with van der Waals surface area (Å²) in [6.07, 6.45) is -0.569. The van der Waals surface area contributed by atoms with Gasteiger partial charge in [0.1, 0.15) is 16.6 Å². The van der Waals surface area contributed by atoms with Gasteiger partial charge in [-0.25, -0.2) is 14.8 Å². The second kappa shape index (κ2) is 7.07. The Morgan fingerprint density at radius 1 is 1.48 bits per heavy atom. The molecule has 1 fully saturated rings. The number of hydrogen-bond acceptors (Lipinski definition) is 6. The van der Waals surface area contributed by atoms with Gasteiger partial charge >= 0.3 is 6.09 Å². The van der Waals surface area contributed by atoms with Crippen molar-refractivity contribution in [3.8, 4) is 0 Å². The number of anilines is 1. The van der Waals surface area contributed by atoms with Crippen molar-refractivity contribution >= 4 is 35.1 Å². The van der Waals surface area contributed by atoms with Crippen molar-refractivity contribution in [3.05, 3.63) is 16.5 Å². The van der Waals surface area contributed by atoms with Crippen LogP contribution in [-0.2, 0) is 4.74 Å². The minimum Gasteiger partial charge on any atom is -0.444 e. The molecule has 1 atom stereocenters. The van der Waals surface area contributed by atoms with Crippen LogP contribution in [0.15, 0.2) is 6.07 Å². The third-order valence-electron chi connectivity index (χ3n) is 3.13. The molecule has 2 heterocycles. The van der Waals surface area contributed by atoms with Crippen molar-refractivity contribution in [2.24, 2.45) is 0 Å². The lowest BCUT2D eigenvalue weighted by Gasteiger charge is -2.41. The van der Waals surface area contributed by atoms with Gasteiger partial charge in [-0.1, -0.05) is 11.6 Å². The summed E-state index contributed by atoms with van der Waals surface area (Å²) >= 11 is 11.7. The summed E-state index contributed by atoms with van der Waals surface area (Å²) in [6.45, 7) is 3.04. The number of nitrogens with zero attached hydrogens (tertiary/aromatic N) is 4. The average Bonchev–Trinajstić information content (AvgIpc) is 2.42. The average molecular weight is 365 g/mol. The molecule has 1 amide bonds. The molecule has 1 aromatic rings. The third kappa shape index (κ3) is 4.83. The molecular formula is C14H20Cl2N4O3. The molecule has 1 aromatic heterocycles. The SMILES string of the molecule is [2H]C([2H])(O)C1CN(C(=O)OC(C)(C)C)CCN1c1cc(Cl)nc(Cl)n1. The van der Waals surface area contributed by atoms with E-state index in [4.69, 9.17) is 30.7 Å². The first-order chi connectivity index (χ1) is 11.4. The maximum absolute atomic E-state index is 12.3. The molecule has 0 aliphatic carbocycles. The topological polar surface area (TPSA) is 78.8 Å². The van der Waals surface area contributed by atoms with Gasteiger partial charge in [0.2, 0.25) is 5.28 Å². The van der Waals surface area contributed by atoms with Gasteiger partial charge in [-0.3, -0.25) is 0 Å². The molecule has 23 heavy (non-hydrogen) atoms. The fraction of sp³-hybridized carbons (Fsp3) is 0.643. The number of ether oxygens (including phenoxy) is 1. The summed E-state index contributed by atoms with van der Waals surface area (Å²) in [5.41, 5.74) is -0.671. The van der Waals surface area contributed by atoms with E-state index in [1.807, 2.05) is 0 Å². The highest BCUT2D eigenvalue weighted by molar-refractivity contribution is 6.32. The Morgan fingerprint density at radius 2 is 2.17 bits per heavy atom. The number of carbonyl (C=O) groups excluding carboxylic acids is 1. The van der Waals surface area contributed by atoms with E-state index in [1.54, 1.807) is 20.8 Å². The number of piperazine rings is 1. The van der Waals surface area contributed by atoms with E-state index >= 15 is 0 Å². The van der Waals surface area contributed by atoms with Gasteiger partial charge in [-0.15, -0.1) is 0 Å². The molecule has 2 rings (SSSR count). The van der Waals surface area contributed by atoms with Gasteiger partial charge in [-0.05, 0) is 32.4 Å². The highest BCUT2D eigenvalue weighted by atomic mass is 35.5. The van der Waals surface area contributed by atoms with E-state index < -0.39 is 24.3 Å². The summed E-state index contributed by atoms with van der Waals surface area (Å²) in [6, 6.07) is 0.353. The highest BCUT2D eigenvalue weighted by Gasteiger charge is 2.32. The Hall–Kier alpha value is -1.31. The van der Waals surface area contributed by atoms with Crippen LogP contribution in [0.1, 0.15) is 23.5 Å². The quantitative estimate of drug-likeness (QED) is 0.640. The monoisotopic (exact) mass is 364 g/mol. The summed E-state index contributed by atoms with van der Waals surface area (Å²) in [4.78, 5) is 22.9. The van der Waals surface area contributed by atoms with Crippen LogP contribution in [0.3, 0.4) is 0 Å². The maximum atomic E-state index is 12.3. The van der Waals surface area contributed by atoms with E-state index in [9.17, 15) is 9.90 Å². The van der Waals surface area contributed by atoms with Gasteiger partial charge in [0.25, 0.3) is 0 Å². The molecule has 1 N–H and O–H groups in total. The minimum atomic E-state index is -2.59. The standard InChI is InChI=1S/C14H20Cl2N4O3/c1-14(2,3)23-13(22)19-4-5-20(9(7-19)8-21)11-6-10(15)17-12(16)18-11/h6,9,21H,4-5,7-8H2,1-3H3/i8D2. The van der Waals surface area contributed by atoms with Gasteiger partial charge in [0.05, 0.1) is 15.3 Å². The molecule has 0 spiro atoms. The van der Waals surface area contributed by atoms with E-state index in [0.717, 1.165) is 0 Å². The summed E-state index contributed by atoms with van der Waals surface area (Å²) in [7, 11) is 0. The fourth-order valence-electron chi connectivity index (χ4n) is 2.19. The van der Waals surface area contributed by atoms with Crippen LogP contribution in [0.5, 0.6) is 0 Å². The summed E-state index contributed by atoms with van der Waals surface area (Å²) < 4.78 is 20.7. The molecule has 1 unspecified atom stereocenters. The van der Waals surface area contributed by atoms with Crippen LogP contribution in [0, 0.1) is 0 Å². The molecule has 0 saturated carbocycles. The molecular weight excluding hydrogens is 343 g/mol. The van der Waals surface area contributed by atoms with Crippen LogP contribution in [-0.4, -0.2) is 63.9 Å². The van der Waals surface area contributed by atoms with Crippen LogP contribution in [0.25, 0.3) is 0 Å². The number of hydrogen-bond donors (Lipinski definition) is 1. The first-order valence-electron chi connectivity index (χ1n) is 8.04. The molecule has 128 valence electrons. The van der Waals surface area contributed by atoms with Crippen LogP contribution >= 0.6 is 23.2 Å². The number of aliphatic hydroxyl groups is 1. The zero-order chi connectivity index (χ0) is 19.0. The smallest absolute Gasteiger partial charge is 0.410 e. The number of carbonyl (C=O) groups is 1. The van der Waals surface area contributed by atoms with Crippen molar-refractivity contribution in [1.29, 1.82) is 0 Å². The number of aromatic nitrogens is 2. The number of amides is 1. The molecule has 0 bridgehead atoms. The molecule has 1 aliphatic heterocycles. The van der Waals surface area contributed by atoms with Crippen molar-refractivity contribution in [3.63, 3.8) is 0 Å². The predicted octanol–water partition coefficient (Wildman–Crippen LogP) is 2.20. The lowest BCUT2D eigenvalue weighted by atomic mass is 10.1. The largest absolute Gasteiger partial charge is 0.444 e. The zero-order valence-electron chi connectivity index (χ0n) is 15.1. The van der Waals surface area contributed by atoms with Gasteiger partial charge in [-0.2, -0.15) is 0 Å². The molecule has 0 radical (unpaired) electrons. The van der Waals surface area contributed by atoms with Crippen molar-refractivity contribution in [2.75, 3.05) is 31.1 Å². The molecule has 1 saturated heterocycles. The van der Waals surface area contributed by atoms with Gasteiger partial charge in [0.15, 0.2) is 0 Å². The Kier molecular flexibility index (Phi) is 4.68. The second-order valence-electron chi connectivity index (χ2n) is 6.08. The normalized spacial score (nSPS) is 20.9. The van der Waals surface area contributed by atoms with Crippen LogP contribution in [0.2, 0.25) is 10.4 Å². The van der Waals surface area contributed by atoms with E-state index in [2.05, 4.69) is 9.97 Å². The summed E-state index contributed by atoms with van der Waals surface area (Å²) in [5.74, 6) is 0.275. The summed E-state index contributed by atoms with van der Waals surface area (Å²) in [5, 5.41) is 9.96. The second-order valence-corrected chi connectivity index (χ2v) is 6.81. The highest BCUT2D eigenvalue weighted by Crippen LogP contribution is 2.23. The molecule has 0 aromatic carbocycles. The zero-order valence-corrected chi connectivity index (χ0v) is 14.6. The Balaban J connectivity index is 2.25. The minimum absolute atomic E-state index is 0.0857. The molecule has 7 nitrogen and oxygen atoms in total. The van der Waals surface area contributed by atoms with Gasteiger partial charge < -0.3 is 19.6 Å². The lowest BCUT2D eigenvalue weighted by Crippen LogP contribution is -2.57. The van der Waals surface area contributed by atoms with Crippen molar-refractivity contribution in [2.45, 2.75) is 32.4 Å². The Morgan fingerprint density at radius 3 is 2.74 bits per heavy atom. The first-order valence-corrected chi connectivity index (χ1v) is 7.79. The first kappa shape index (κ1) is 15.2. The number of halogens is 2. The Labute approximate surface area is 148 Å². The maximum Gasteiger partial charge on any atom is 0.410 e. The Bertz CT molecular complexity index is 632. The van der Waals surface area contributed by atoms with E-state index in [0.29, 0.717) is 0 Å². The molecule has 1 aliphatic rings. The third-order valence-corrected chi connectivity index (χ3v) is 3.49. The number of rotatable bonds is 2. The van der Waals surface area contributed by atoms with E-state index in [1.165, 1.54) is 15.9 Å². The fourth-order valence-corrected chi connectivity index (χ4v) is 2.58. The molecule has 9 heteroatoms. The van der Waals surface area contributed by atoms with E-state index in [-0.39, 0.29) is 35.9 Å². The van der Waals surface area contributed by atoms with Gasteiger partial charge in [0, 0.05) is 25.7 Å². The lowest BCUT2D eigenvalue weighted by molar-refractivity contribution is 0.0197. The predicted molar refractivity (Wildman–Crippen MR) is 88.1 cm³/mol. The van der Waals surface area contributed by atoms with Crippen molar-refractivity contribution in [1.82, 2.24) is 14.9 Å². The van der Waals surface area contributed by atoms with Crippen LogP contribution in [0.4, 0.5) is 10.6 Å².